The molecule has 2 aromatic heterocycles. The molecule has 0 unspecified atom stereocenters. The van der Waals surface area contributed by atoms with Crippen molar-refractivity contribution in [3.8, 4) is 11.8 Å². The quantitative estimate of drug-likeness (QED) is 0.590. The normalized spacial score (nSPS) is 8.58. The van der Waals surface area contributed by atoms with Gasteiger partial charge in [-0.05, 0) is 12.1 Å². The molecular weight excluding hydrogens is 324 g/mol. The molecule has 26 heavy (non-hydrogen) atoms. The zero-order valence-electron chi connectivity index (χ0n) is 16.8. The Kier molecular flexibility index (Phi) is 10.9. The van der Waals surface area contributed by atoms with Gasteiger partial charge >= 0.3 is 0 Å². The van der Waals surface area contributed by atoms with Gasteiger partial charge in [-0.15, -0.1) is 0 Å². The molecule has 0 saturated carbocycles. The van der Waals surface area contributed by atoms with Gasteiger partial charge in [0.05, 0.1) is 10.9 Å². The van der Waals surface area contributed by atoms with Crippen LogP contribution in [0, 0.1) is 11.8 Å². The number of benzene rings is 1. The number of nitrogens with two attached hydrogens (primary N) is 1. The van der Waals surface area contributed by atoms with Crippen molar-refractivity contribution in [2.45, 2.75) is 41.5 Å². The third-order valence-corrected chi connectivity index (χ3v) is 2.96. The fraction of sp³-hybridized carbons (Fsp3) is 0.333. The fourth-order valence-corrected chi connectivity index (χ4v) is 2.05. The van der Waals surface area contributed by atoms with E-state index in [1.165, 1.54) is 0 Å². The molecule has 0 radical (unpaired) electrons. The molecule has 0 atom stereocenters. The van der Waals surface area contributed by atoms with Crippen LogP contribution >= 0.6 is 0 Å². The van der Waals surface area contributed by atoms with Gasteiger partial charge in [0.2, 0.25) is 5.95 Å². The average molecular weight is 354 g/mol. The van der Waals surface area contributed by atoms with Gasteiger partial charge < -0.3 is 10.3 Å². The Labute approximate surface area is 156 Å². The van der Waals surface area contributed by atoms with Gasteiger partial charge in [-0.2, -0.15) is 4.98 Å². The van der Waals surface area contributed by atoms with Gasteiger partial charge in [0.1, 0.15) is 0 Å². The van der Waals surface area contributed by atoms with Gasteiger partial charge in [-0.3, -0.25) is 9.78 Å². The van der Waals surface area contributed by atoms with E-state index in [-0.39, 0.29) is 11.5 Å². The van der Waals surface area contributed by atoms with Crippen molar-refractivity contribution in [3.63, 3.8) is 0 Å². The molecule has 140 valence electrons. The first-order valence-electron chi connectivity index (χ1n) is 9.07. The van der Waals surface area contributed by atoms with Gasteiger partial charge in [-0.1, -0.05) is 71.6 Å². The van der Waals surface area contributed by atoms with Crippen molar-refractivity contribution in [1.29, 1.82) is 0 Å². The molecule has 0 aliphatic rings. The second kappa shape index (κ2) is 12.4. The molecule has 0 spiro atoms. The Morgan fingerprint density at radius 3 is 2.15 bits per heavy atom. The Morgan fingerprint density at radius 1 is 1.00 bits per heavy atom. The summed E-state index contributed by atoms with van der Waals surface area (Å²) >= 11 is 0. The number of anilines is 1. The van der Waals surface area contributed by atoms with Crippen LogP contribution in [0.2, 0.25) is 0 Å². The number of rotatable bonds is 0. The number of hydrogen-bond donors (Lipinski definition) is 2. The summed E-state index contributed by atoms with van der Waals surface area (Å²) < 4.78 is 1.75. The summed E-state index contributed by atoms with van der Waals surface area (Å²) in [7, 11) is 1.81. The van der Waals surface area contributed by atoms with Gasteiger partial charge in [0.25, 0.3) is 5.56 Å². The summed E-state index contributed by atoms with van der Waals surface area (Å²) in [5.74, 6) is 6.15. The minimum absolute atomic E-state index is 0.103. The predicted molar refractivity (Wildman–Crippen MR) is 112 cm³/mol. The van der Waals surface area contributed by atoms with Crippen molar-refractivity contribution in [3.05, 3.63) is 58.0 Å². The Hall–Kier alpha value is -3.00. The number of hydrogen-bond acceptors (Lipinski definition) is 3. The van der Waals surface area contributed by atoms with E-state index >= 15 is 0 Å². The number of nitrogen functional groups attached to an aromatic ring is 1. The van der Waals surface area contributed by atoms with Crippen LogP contribution in [0.25, 0.3) is 11.0 Å². The summed E-state index contributed by atoms with van der Waals surface area (Å²) in [6.07, 6.45) is 1.78. The van der Waals surface area contributed by atoms with Crippen LogP contribution in [0.4, 0.5) is 5.95 Å². The molecule has 0 aliphatic carbocycles. The molecule has 0 amide bonds. The van der Waals surface area contributed by atoms with Crippen molar-refractivity contribution in [2.75, 3.05) is 5.73 Å². The second-order valence-corrected chi connectivity index (χ2v) is 4.42. The monoisotopic (exact) mass is 354 g/mol. The van der Waals surface area contributed by atoms with E-state index in [2.05, 4.69) is 21.8 Å². The highest BCUT2D eigenvalue weighted by Gasteiger charge is 2.10. The van der Waals surface area contributed by atoms with Crippen molar-refractivity contribution < 1.29 is 0 Å². The first-order valence-corrected chi connectivity index (χ1v) is 9.07. The molecule has 0 aliphatic heterocycles. The maximum absolute atomic E-state index is 12.0. The van der Waals surface area contributed by atoms with E-state index in [0.29, 0.717) is 16.6 Å². The highest BCUT2D eigenvalue weighted by Crippen LogP contribution is 2.14. The lowest BCUT2D eigenvalue weighted by Crippen LogP contribution is -2.11. The van der Waals surface area contributed by atoms with Crippen molar-refractivity contribution in [1.82, 2.24) is 14.5 Å². The Bertz CT molecular complexity index is 897. The number of H-pyrrole nitrogens is 1. The van der Waals surface area contributed by atoms with E-state index in [0.717, 1.165) is 5.56 Å². The zero-order valence-corrected chi connectivity index (χ0v) is 16.8. The summed E-state index contributed by atoms with van der Waals surface area (Å²) in [5.41, 5.74) is 7.34. The zero-order chi connectivity index (χ0) is 20.1. The molecular formula is C21H30N4O. The number of nitrogens with zero attached hydrogens (tertiary/aromatic N) is 2. The van der Waals surface area contributed by atoms with Crippen LogP contribution in [0.1, 0.15) is 52.7 Å². The standard InChI is InChI=1S/C15H12N4O.3C2H6/c1-19-9-11(8-7-10-5-3-2-4-6-10)12-13(19)17-15(16)18-14(12)20;3*1-2/h2-6,9H,1H3,(H3,16,17,18,20);3*1-2H3. The van der Waals surface area contributed by atoms with Gasteiger partial charge in [-0.25, -0.2) is 0 Å². The molecule has 2 heterocycles. The molecule has 5 nitrogen and oxygen atoms in total. The summed E-state index contributed by atoms with van der Waals surface area (Å²) in [5, 5.41) is 0.463. The highest BCUT2D eigenvalue weighted by atomic mass is 16.1. The maximum atomic E-state index is 12.0. The van der Waals surface area contributed by atoms with Crippen LogP contribution in [0.5, 0.6) is 0 Å². The first kappa shape index (κ1) is 23.0. The molecule has 0 bridgehead atoms. The smallest absolute Gasteiger partial charge is 0.263 e. The van der Waals surface area contributed by atoms with Crippen molar-refractivity contribution in [2.24, 2.45) is 7.05 Å². The Balaban J connectivity index is 0.000000948. The Morgan fingerprint density at radius 2 is 1.58 bits per heavy atom. The average Bonchev–Trinajstić information content (AvgIpc) is 3.02. The minimum Gasteiger partial charge on any atom is -0.369 e. The van der Waals surface area contributed by atoms with Crippen LogP contribution in [-0.4, -0.2) is 14.5 Å². The van der Waals surface area contributed by atoms with E-state index in [9.17, 15) is 4.79 Å². The molecule has 3 aromatic rings. The third kappa shape index (κ3) is 5.82. The number of aryl methyl sites for hydroxylation is 1. The van der Waals surface area contributed by atoms with Crippen LogP contribution in [0.3, 0.4) is 0 Å². The van der Waals surface area contributed by atoms with Crippen LogP contribution in [-0.2, 0) is 7.05 Å². The lowest BCUT2D eigenvalue weighted by atomic mass is 10.2. The lowest BCUT2D eigenvalue weighted by molar-refractivity contribution is 0.943. The van der Waals surface area contributed by atoms with Gasteiger partial charge in [0, 0.05) is 18.8 Å². The molecule has 0 fully saturated rings. The second-order valence-electron chi connectivity index (χ2n) is 4.42. The summed E-state index contributed by atoms with van der Waals surface area (Å²) in [6.45, 7) is 12.0. The summed E-state index contributed by atoms with van der Waals surface area (Å²) in [6, 6.07) is 9.60. The van der Waals surface area contributed by atoms with E-state index in [4.69, 9.17) is 5.73 Å². The molecule has 3 rings (SSSR count). The number of fused-ring (bicyclic) bond motifs is 1. The molecule has 0 saturated heterocycles. The lowest BCUT2D eigenvalue weighted by Gasteiger charge is -1.95. The first-order chi connectivity index (χ1) is 12.6. The predicted octanol–water partition coefficient (Wildman–Crippen LogP) is 4.32. The number of aromatic amines is 1. The van der Waals surface area contributed by atoms with E-state index in [1.807, 2.05) is 78.9 Å². The van der Waals surface area contributed by atoms with Crippen LogP contribution < -0.4 is 11.3 Å². The fourth-order valence-electron chi connectivity index (χ4n) is 2.05. The number of aromatic nitrogens is 3. The van der Waals surface area contributed by atoms with Gasteiger partial charge in [0.15, 0.2) is 5.65 Å². The topological polar surface area (TPSA) is 76.7 Å². The van der Waals surface area contributed by atoms with E-state index < -0.39 is 0 Å². The third-order valence-electron chi connectivity index (χ3n) is 2.96. The maximum Gasteiger partial charge on any atom is 0.263 e. The van der Waals surface area contributed by atoms with Crippen molar-refractivity contribution >= 4 is 17.0 Å². The summed E-state index contributed by atoms with van der Waals surface area (Å²) in [4.78, 5) is 18.6. The number of nitrogens with one attached hydrogen (secondary N) is 1. The van der Waals surface area contributed by atoms with Crippen LogP contribution in [0.15, 0.2) is 41.3 Å². The molecule has 1 aromatic carbocycles. The largest absolute Gasteiger partial charge is 0.369 e. The molecule has 3 N–H and O–H groups in total. The molecule has 5 heteroatoms. The van der Waals surface area contributed by atoms with E-state index in [1.54, 1.807) is 10.8 Å². The highest BCUT2D eigenvalue weighted by molar-refractivity contribution is 5.83. The SMILES string of the molecule is CC.CC.CC.Cn1cc(C#Cc2ccccc2)c2c(=O)[nH]c(N)nc21. The minimum atomic E-state index is -0.273.